The number of nitrogen functional groups attached to an aromatic ring is 1. The molecule has 1 atom stereocenters. The molecule has 0 fully saturated rings. The van der Waals surface area contributed by atoms with Crippen LogP contribution in [0.25, 0.3) is 0 Å². The molecule has 0 amide bonds. The second kappa shape index (κ2) is 5.48. The monoisotopic (exact) mass is 246 g/mol. The molecule has 1 unspecified atom stereocenters. The lowest BCUT2D eigenvalue weighted by Gasteiger charge is -2.17. The quantitative estimate of drug-likeness (QED) is 0.831. The van der Waals surface area contributed by atoms with Gasteiger partial charge in [-0.15, -0.1) is 0 Å². The first-order valence-electron chi connectivity index (χ1n) is 6.04. The molecule has 0 spiro atoms. The van der Waals surface area contributed by atoms with Crippen molar-refractivity contribution in [1.29, 1.82) is 0 Å². The number of nitrogens with zero attached hydrogens (tertiary/aromatic N) is 4. The second-order valence-electron chi connectivity index (χ2n) is 4.21. The van der Waals surface area contributed by atoms with Crippen molar-refractivity contribution in [3.05, 3.63) is 30.4 Å². The fourth-order valence-corrected chi connectivity index (χ4v) is 1.87. The third-order valence-corrected chi connectivity index (χ3v) is 2.74. The third kappa shape index (κ3) is 2.77. The van der Waals surface area contributed by atoms with Gasteiger partial charge in [0.15, 0.2) is 0 Å². The van der Waals surface area contributed by atoms with Gasteiger partial charge in [0.2, 0.25) is 0 Å². The van der Waals surface area contributed by atoms with Crippen molar-refractivity contribution >= 4 is 11.6 Å². The normalized spacial score (nSPS) is 12.3. The average Bonchev–Trinajstić information content (AvgIpc) is 2.82. The summed E-state index contributed by atoms with van der Waals surface area (Å²) in [7, 11) is 0. The molecule has 0 aliphatic carbocycles. The Bertz CT molecular complexity index is 493. The lowest BCUT2D eigenvalue weighted by atomic mass is 10.2. The predicted octanol–water partition coefficient (Wildman–Crippen LogP) is 1.32. The Morgan fingerprint density at radius 1 is 1.44 bits per heavy atom. The van der Waals surface area contributed by atoms with Crippen molar-refractivity contribution in [1.82, 2.24) is 19.7 Å². The van der Waals surface area contributed by atoms with Crippen molar-refractivity contribution < 1.29 is 0 Å². The van der Waals surface area contributed by atoms with Gasteiger partial charge >= 0.3 is 0 Å². The van der Waals surface area contributed by atoms with Crippen LogP contribution in [0.2, 0.25) is 0 Å². The molecule has 96 valence electrons. The maximum atomic E-state index is 5.83. The Labute approximate surface area is 106 Å². The summed E-state index contributed by atoms with van der Waals surface area (Å²) in [5.74, 6) is 1.35. The van der Waals surface area contributed by atoms with Gasteiger partial charge in [-0.1, -0.05) is 6.92 Å². The maximum absolute atomic E-state index is 5.83. The Morgan fingerprint density at radius 3 is 2.94 bits per heavy atom. The molecule has 0 bridgehead atoms. The summed E-state index contributed by atoms with van der Waals surface area (Å²) in [6, 6.07) is 2.12. The van der Waals surface area contributed by atoms with Crippen LogP contribution in [0, 0.1) is 0 Å². The van der Waals surface area contributed by atoms with E-state index < -0.39 is 0 Å². The topological polar surface area (TPSA) is 81.6 Å². The summed E-state index contributed by atoms with van der Waals surface area (Å²) in [4.78, 5) is 8.25. The zero-order valence-corrected chi connectivity index (χ0v) is 10.7. The van der Waals surface area contributed by atoms with Crippen molar-refractivity contribution in [2.45, 2.75) is 32.9 Å². The van der Waals surface area contributed by atoms with Gasteiger partial charge in [-0.25, -0.2) is 9.97 Å². The van der Waals surface area contributed by atoms with Crippen LogP contribution in [-0.4, -0.2) is 25.8 Å². The minimum atomic E-state index is 0.212. The van der Waals surface area contributed by atoms with E-state index in [1.807, 2.05) is 23.9 Å². The lowest BCUT2D eigenvalue weighted by molar-refractivity contribution is 0.559. The molecule has 2 rings (SSSR count). The highest BCUT2D eigenvalue weighted by Gasteiger charge is 2.10. The number of rotatable bonds is 5. The number of nitrogens with two attached hydrogens (primary N) is 1. The van der Waals surface area contributed by atoms with Crippen LogP contribution in [0.4, 0.5) is 11.6 Å². The zero-order chi connectivity index (χ0) is 13.0. The largest absolute Gasteiger partial charge is 0.383 e. The number of anilines is 2. The fourth-order valence-electron chi connectivity index (χ4n) is 1.87. The molecule has 0 aliphatic rings. The molecule has 3 N–H and O–H groups in total. The molecule has 6 nitrogen and oxygen atoms in total. The van der Waals surface area contributed by atoms with E-state index >= 15 is 0 Å². The highest BCUT2D eigenvalue weighted by molar-refractivity contribution is 5.55. The molecule has 2 aromatic rings. The predicted molar refractivity (Wildman–Crippen MR) is 71.1 cm³/mol. The Balaban J connectivity index is 2.07. The van der Waals surface area contributed by atoms with Gasteiger partial charge in [-0.3, -0.25) is 4.68 Å². The lowest BCUT2D eigenvalue weighted by Crippen LogP contribution is -2.24. The molecule has 18 heavy (non-hydrogen) atoms. The first-order chi connectivity index (χ1) is 8.70. The van der Waals surface area contributed by atoms with Crippen LogP contribution in [0.3, 0.4) is 0 Å². The van der Waals surface area contributed by atoms with Crippen molar-refractivity contribution in [2.24, 2.45) is 0 Å². The smallest absolute Gasteiger partial charge is 0.134 e. The van der Waals surface area contributed by atoms with Crippen LogP contribution < -0.4 is 11.1 Å². The van der Waals surface area contributed by atoms with E-state index in [0.29, 0.717) is 5.82 Å². The van der Waals surface area contributed by atoms with E-state index in [2.05, 4.69) is 27.3 Å². The standard InChI is InChI=1S/C12H18N6/c1-3-10-11(13)14-8-15-12(10)17-9(2)7-18-6-4-5-16-18/h4-6,8-9H,3,7H2,1-2H3,(H3,13,14,15,17). The Hall–Kier alpha value is -2.11. The third-order valence-electron chi connectivity index (χ3n) is 2.74. The fraction of sp³-hybridized carbons (Fsp3) is 0.417. The molecule has 0 saturated carbocycles. The van der Waals surface area contributed by atoms with Gasteiger partial charge in [0.05, 0.1) is 6.54 Å². The molecule has 6 heteroatoms. The molecule has 2 aromatic heterocycles. The van der Waals surface area contributed by atoms with E-state index in [-0.39, 0.29) is 6.04 Å². The zero-order valence-electron chi connectivity index (χ0n) is 10.7. The molecule has 0 aromatic carbocycles. The van der Waals surface area contributed by atoms with E-state index in [9.17, 15) is 0 Å². The number of nitrogens with one attached hydrogen (secondary N) is 1. The molecular weight excluding hydrogens is 228 g/mol. The number of aromatic nitrogens is 4. The number of hydrogen-bond donors (Lipinski definition) is 2. The molecule has 0 radical (unpaired) electrons. The molecular formula is C12H18N6. The first-order valence-corrected chi connectivity index (χ1v) is 6.04. The van der Waals surface area contributed by atoms with E-state index in [4.69, 9.17) is 5.73 Å². The summed E-state index contributed by atoms with van der Waals surface area (Å²) in [6.07, 6.45) is 6.00. The summed E-state index contributed by atoms with van der Waals surface area (Å²) in [5.41, 5.74) is 6.80. The van der Waals surface area contributed by atoms with Gasteiger partial charge in [0.1, 0.15) is 18.0 Å². The summed E-state index contributed by atoms with van der Waals surface area (Å²) in [5, 5.41) is 7.53. The van der Waals surface area contributed by atoms with E-state index in [1.54, 1.807) is 6.20 Å². The number of hydrogen-bond acceptors (Lipinski definition) is 5. The van der Waals surface area contributed by atoms with Gasteiger partial charge in [0.25, 0.3) is 0 Å². The molecule has 2 heterocycles. The van der Waals surface area contributed by atoms with Crippen molar-refractivity contribution in [2.75, 3.05) is 11.1 Å². The van der Waals surface area contributed by atoms with Crippen LogP contribution in [0.15, 0.2) is 24.8 Å². The summed E-state index contributed by atoms with van der Waals surface area (Å²) >= 11 is 0. The van der Waals surface area contributed by atoms with Gasteiger partial charge in [0, 0.05) is 24.0 Å². The second-order valence-corrected chi connectivity index (χ2v) is 4.21. The van der Waals surface area contributed by atoms with E-state index in [0.717, 1.165) is 24.3 Å². The highest BCUT2D eigenvalue weighted by atomic mass is 15.3. The summed E-state index contributed by atoms with van der Waals surface area (Å²) < 4.78 is 1.88. The average molecular weight is 246 g/mol. The van der Waals surface area contributed by atoms with Crippen LogP contribution in [0.1, 0.15) is 19.4 Å². The first kappa shape index (κ1) is 12.3. The Morgan fingerprint density at radius 2 is 2.28 bits per heavy atom. The summed E-state index contributed by atoms with van der Waals surface area (Å²) in [6.45, 7) is 4.90. The van der Waals surface area contributed by atoms with Gasteiger partial charge < -0.3 is 11.1 Å². The Kier molecular flexibility index (Phi) is 3.76. The van der Waals surface area contributed by atoms with Gasteiger partial charge in [-0.05, 0) is 19.4 Å². The molecule has 0 saturated heterocycles. The highest BCUT2D eigenvalue weighted by Crippen LogP contribution is 2.18. The minimum absolute atomic E-state index is 0.212. The van der Waals surface area contributed by atoms with Crippen LogP contribution >= 0.6 is 0 Å². The van der Waals surface area contributed by atoms with Crippen molar-refractivity contribution in [3.8, 4) is 0 Å². The molecule has 0 aliphatic heterocycles. The maximum Gasteiger partial charge on any atom is 0.134 e. The van der Waals surface area contributed by atoms with Gasteiger partial charge in [-0.2, -0.15) is 5.10 Å². The minimum Gasteiger partial charge on any atom is -0.383 e. The van der Waals surface area contributed by atoms with Crippen LogP contribution in [0.5, 0.6) is 0 Å². The van der Waals surface area contributed by atoms with Crippen LogP contribution in [-0.2, 0) is 13.0 Å². The SMILES string of the molecule is CCc1c(N)ncnc1NC(C)Cn1cccn1. The van der Waals surface area contributed by atoms with Crippen molar-refractivity contribution in [3.63, 3.8) is 0 Å². The van der Waals surface area contributed by atoms with E-state index in [1.165, 1.54) is 6.33 Å².